The number of aromatic nitrogens is 2. The van der Waals surface area contributed by atoms with Crippen LogP contribution in [0.2, 0.25) is 0 Å². The maximum absolute atomic E-state index is 12.5. The van der Waals surface area contributed by atoms with Gasteiger partial charge in [0, 0.05) is 36.9 Å². The van der Waals surface area contributed by atoms with Gasteiger partial charge in [-0.15, -0.1) is 24.8 Å². The minimum absolute atomic E-state index is 0. The summed E-state index contributed by atoms with van der Waals surface area (Å²) in [5.41, 5.74) is 5.12. The number of amides is 1. The minimum Gasteiger partial charge on any atom is -0.378 e. The topological polar surface area (TPSA) is 82.2 Å². The zero-order chi connectivity index (χ0) is 15.7. The first-order valence-electron chi connectivity index (χ1n) is 7.50. The number of carbonyl (C=O) groups is 1. The first-order chi connectivity index (χ1) is 9.81. The second kappa shape index (κ2) is 8.33. The van der Waals surface area contributed by atoms with Crippen LogP contribution in [0.25, 0.3) is 0 Å². The molecular weight excluding hydrogens is 339 g/mol. The van der Waals surface area contributed by atoms with Crippen LogP contribution in [-0.4, -0.2) is 40.0 Å². The molecule has 3 N–H and O–H groups in total. The van der Waals surface area contributed by atoms with Crippen LogP contribution in [-0.2, 0) is 16.1 Å². The summed E-state index contributed by atoms with van der Waals surface area (Å²) in [7, 11) is 0. The summed E-state index contributed by atoms with van der Waals surface area (Å²) in [5.74, 6) is -0.108. The minimum atomic E-state index is -0.870. The lowest BCUT2D eigenvalue weighted by molar-refractivity contribution is -0.171. The summed E-state index contributed by atoms with van der Waals surface area (Å²) in [4.78, 5) is 12.5. The molecule has 134 valence electrons. The molecule has 1 heterocycles. The highest BCUT2D eigenvalue weighted by atomic mass is 35.5. The van der Waals surface area contributed by atoms with Gasteiger partial charge in [0.1, 0.15) is 5.54 Å². The van der Waals surface area contributed by atoms with Crippen molar-refractivity contribution in [2.75, 3.05) is 6.61 Å². The average molecular weight is 367 g/mol. The van der Waals surface area contributed by atoms with Crippen molar-refractivity contribution in [2.24, 2.45) is 11.1 Å². The second-order valence-corrected chi connectivity index (χ2v) is 6.44. The highest BCUT2D eigenvalue weighted by Gasteiger charge is 2.62. The molecule has 3 atom stereocenters. The van der Waals surface area contributed by atoms with E-state index >= 15 is 0 Å². The molecule has 0 aromatic carbocycles. The molecule has 1 aliphatic carbocycles. The largest absolute Gasteiger partial charge is 0.378 e. The number of carbonyl (C=O) groups excluding carboxylic acids is 1. The smallest absolute Gasteiger partial charge is 0.241 e. The molecule has 1 aliphatic rings. The predicted octanol–water partition coefficient (Wildman–Crippen LogP) is 1.76. The van der Waals surface area contributed by atoms with Crippen molar-refractivity contribution >= 4 is 30.7 Å². The molecule has 8 heteroatoms. The van der Waals surface area contributed by atoms with Crippen molar-refractivity contribution in [3.8, 4) is 0 Å². The fraction of sp³-hybridized carbons (Fsp3) is 0.733. The fourth-order valence-electron chi connectivity index (χ4n) is 2.91. The summed E-state index contributed by atoms with van der Waals surface area (Å²) in [5, 5.41) is 7.14. The van der Waals surface area contributed by atoms with Crippen LogP contribution in [0.3, 0.4) is 0 Å². The molecule has 0 radical (unpaired) electrons. The van der Waals surface area contributed by atoms with Crippen molar-refractivity contribution in [1.82, 2.24) is 15.1 Å². The van der Waals surface area contributed by atoms with Gasteiger partial charge in [0.25, 0.3) is 0 Å². The number of nitrogens with two attached hydrogens (primary N) is 1. The van der Waals surface area contributed by atoms with Gasteiger partial charge < -0.3 is 15.8 Å². The monoisotopic (exact) mass is 366 g/mol. The van der Waals surface area contributed by atoms with Crippen LogP contribution in [0.1, 0.15) is 34.1 Å². The first-order valence-corrected chi connectivity index (χ1v) is 7.50. The van der Waals surface area contributed by atoms with Crippen molar-refractivity contribution < 1.29 is 9.53 Å². The molecule has 23 heavy (non-hydrogen) atoms. The Balaban J connectivity index is 0.00000242. The predicted molar refractivity (Wildman–Crippen MR) is 95.1 cm³/mol. The Morgan fingerprint density at radius 3 is 2.65 bits per heavy atom. The third-order valence-corrected chi connectivity index (χ3v) is 4.63. The second-order valence-electron chi connectivity index (χ2n) is 6.44. The molecule has 0 bridgehead atoms. The Hall–Kier alpha value is -0.820. The van der Waals surface area contributed by atoms with E-state index in [1.807, 2.05) is 40.0 Å². The molecular formula is C15H28Cl2N4O2. The van der Waals surface area contributed by atoms with Gasteiger partial charge in [-0.25, -0.2) is 0 Å². The number of nitrogens with zero attached hydrogens (tertiary/aromatic N) is 2. The molecule has 3 unspecified atom stereocenters. The molecule has 0 aliphatic heterocycles. The zero-order valence-corrected chi connectivity index (χ0v) is 15.7. The fourth-order valence-corrected chi connectivity index (χ4v) is 2.91. The third-order valence-electron chi connectivity index (χ3n) is 4.63. The van der Waals surface area contributed by atoms with E-state index < -0.39 is 5.54 Å². The Bertz CT molecular complexity index is 496. The lowest BCUT2D eigenvalue weighted by Crippen LogP contribution is -2.76. The van der Waals surface area contributed by atoms with E-state index in [0.29, 0.717) is 19.6 Å². The zero-order valence-electron chi connectivity index (χ0n) is 14.1. The molecule has 1 fully saturated rings. The maximum atomic E-state index is 12.5. The molecule has 6 nitrogen and oxygen atoms in total. The summed E-state index contributed by atoms with van der Waals surface area (Å²) >= 11 is 0. The van der Waals surface area contributed by atoms with Crippen LogP contribution < -0.4 is 11.1 Å². The van der Waals surface area contributed by atoms with Crippen LogP contribution >= 0.6 is 24.8 Å². The highest BCUT2D eigenvalue weighted by molar-refractivity contribution is 5.89. The third kappa shape index (κ3) is 4.18. The molecule has 1 saturated carbocycles. The van der Waals surface area contributed by atoms with Gasteiger partial charge in [-0.3, -0.25) is 9.48 Å². The van der Waals surface area contributed by atoms with E-state index in [-0.39, 0.29) is 48.3 Å². The van der Waals surface area contributed by atoms with Gasteiger partial charge in [-0.1, -0.05) is 13.8 Å². The lowest BCUT2D eigenvalue weighted by Gasteiger charge is -2.57. The Morgan fingerprint density at radius 1 is 1.52 bits per heavy atom. The van der Waals surface area contributed by atoms with E-state index in [4.69, 9.17) is 10.5 Å². The standard InChI is InChI=1S/C15H26N4O2.2ClH/c1-5-21-12-9-15(16,14(12,3)4)13(20)18-11(2)10-19-8-6-7-17-19;;/h6-8,11-12H,5,9-10,16H2,1-4H3,(H,18,20);2*1H. The summed E-state index contributed by atoms with van der Waals surface area (Å²) < 4.78 is 7.45. The number of rotatable bonds is 6. The van der Waals surface area contributed by atoms with Gasteiger partial charge in [0.05, 0.1) is 12.6 Å². The van der Waals surface area contributed by atoms with Gasteiger partial charge >= 0.3 is 0 Å². The molecule has 1 aromatic rings. The van der Waals surface area contributed by atoms with E-state index in [0.717, 1.165) is 0 Å². The quantitative estimate of drug-likeness (QED) is 0.803. The van der Waals surface area contributed by atoms with Gasteiger partial charge in [-0.05, 0) is 19.9 Å². The van der Waals surface area contributed by atoms with Crippen molar-refractivity contribution in [1.29, 1.82) is 0 Å². The first kappa shape index (κ1) is 22.2. The van der Waals surface area contributed by atoms with Crippen LogP contribution in [0.5, 0.6) is 0 Å². The molecule has 1 amide bonds. The van der Waals surface area contributed by atoms with Crippen molar-refractivity contribution in [3.05, 3.63) is 18.5 Å². The van der Waals surface area contributed by atoms with E-state index in [1.54, 1.807) is 10.9 Å². The number of halogens is 2. The van der Waals surface area contributed by atoms with Crippen LogP contribution in [0.4, 0.5) is 0 Å². The normalized spacial score (nSPS) is 26.2. The van der Waals surface area contributed by atoms with Crippen LogP contribution in [0, 0.1) is 5.41 Å². The number of ether oxygens (including phenoxy) is 1. The summed E-state index contributed by atoms with van der Waals surface area (Å²) in [6, 6.07) is 1.83. The van der Waals surface area contributed by atoms with Crippen molar-refractivity contribution in [3.63, 3.8) is 0 Å². The molecule has 0 spiro atoms. The Morgan fingerprint density at radius 2 is 2.17 bits per heavy atom. The molecule has 0 saturated heterocycles. The van der Waals surface area contributed by atoms with Crippen LogP contribution in [0.15, 0.2) is 18.5 Å². The molecule has 2 rings (SSSR count). The van der Waals surface area contributed by atoms with Crippen molar-refractivity contribution in [2.45, 2.75) is 58.3 Å². The summed E-state index contributed by atoms with van der Waals surface area (Å²) in [6.07, 6.45) is 4.20. The maximum Gasteiger partial charge on any atom is 0.241 e. The SMILES string of the molecule is CCOC1CC(N)(C(=O)NC(C)Cn2cccn2)C1(C)C.Cl.Cl. The average Bonchev–Trinajstić information content (AvgIpc) is 2.90. The number of nitrogens with one attached hydrogen (secondary N) is 1. The van der Waals surface area contributed by atoms with Gasteiger partial charge in [-0.2, -0.15) is 5.10 Å². The summed E-state index contributed by atoms with van der Waals surface area (Å²) in [6.45, 7) is 9.17. The van der Waals surface area contributed by atoms with E-state index in [1.165, 1.54) is 0 Å². The van der Waals surface area contributed by atoms with Gasteiger partial charge in [0.15, 0.2) is 0 Å². The van der Waals surface area contributed by atoms with E-state index in [2.05, 4.69) is 10.4 Å². The van der Waals surface area contributed by atoms with E-state index in [9.17, 15) is 4.79 Å². The lowest BCUT2D eigenvalue weighted by atomic mass is 9.54. The molecule has 1 aromatic heterocycles. The Labute approximate surface area is 150 Å². The number of hydrogen-bond donors (Lipinski definition) is 2. The number of hydrogen-bond acceptors (Lipinski definition) is 4. The van der Waals surface area contributed by atoms with Gasteiger partial charge in [0.2, 0.25) is 5.91 Å². The highest BCUT2D eigenvalue weighted by Crippen LogP contribution is 2.49. The Kier molecular flexibility index (Phi) is 8.03.